The van der Waals surface area contributed by atoms with Crippen molar-refractivity contribution >= 4 is 10.0 Å². The van der Waals surface area contributed by atoms with E-state index in [2.05, 4.69) is 9.97 Å². The van der Waals surface area contributed by atoms with Crippen LogP contribution in [0.2, 0.25) is 0 Å². The van der Waals surface area contributed by atoms with Gasteiger partial charge in [-0.15, -0.1) is 0 Å². The number of nitrogens with zero attached hydrogens (tertiary/aromatic N) is 4. The van der Waals surface area contributed by atoms with Crippen LogP contribution in [0.25, 0.3) is 0 Å². The molecule has 0 radical (unpaired) electrons. The number of rotatable bonds is 5. The van der Waals surface area contributed by atoms with Gasteiger partial charge in [-0.1, -0.05) is 0 Å². The SMILES string of the molecule is CCS(=O)(=O)N1CCn2c(COc3cccnc3)cnc2[C@H]1C. The molecular formula is C15H20N4O3S. The van der Waals surface area contributed by atoms with Crippen molar-refractivity contribution in [2.75, 3.05) is 12.3 Å². The molecule has 3 rings (SSSR count). The fourth-order valence-corrected chi connectivity index (χ4v) is 4.06. The standard InChI is InChI=1S/C15H20N4O3S/c1-3-23(20,21)19-8-7-18-13(9-17-15(18)12(19)2)11-22-14-5-4-6-16-10-14/h4-6,9-10,12H,3,7-8,11H2,1-2H3/t12-/m1/s1. The normalized spacial score (nSPS) is 18.6. The molecular weight excluding hydrogens is 316 g/mol. The summed E-state index contributed by atoms with van der Waals surface area (Å²) in [4.78, 5) is 8.42. The van der Waals surface area contributed by atoms with E-state index in [0.29, 0.717) is 25.4 Å². The molecule has 1 aliphatic heterocycles. The Labute approximate surface area is 136 Å². The second-order valence-electron chi connectivity index (χ2n) is 5.42. The highest BCUT2D eigenvalue weighted by Gasteiger charge is 2.33. The van der Waals surface area contributed by atoms with Crippen molar-refractivity contribution in [2.24, 2.45) is 0 Å². The molecule has 2 aromatic heterocycles. The zero-order valence-electron chi connectivity index (χ0n) is 13.2. The molecule has 0 unspecified atom stereocenters. The van der Waals surface area contributed by atoms with Crippen molar-refractivity contribution < 1.29 is 13.2 Å². The molecule has 23 heavy (non-hydrogen) atoms. The Morgan fingerprint density at radius 2 is 2.17 bits per heavy atom. The van der Waals surface area contributed by atoms with Crippen LogP contribution in [0, 0.1) is 0 Å². The van der Waals surface area contributed by atoms with E-state index >= 15 is 0 Å². The van der Waals surface area contributed by atoms with Gasteiger partial charge in [0.1, 0.15) is 18.2 Å². The van der Waals surface area contributed by atoms with Gasteiger partial charge in [0.2, 0.25) is 10.0 Å². The van der Waals surface area contributed by atoms with Gasteiger partial charge in [0.15, 0.2) is 0 Å². The summed E-state index contributed by atoms with van der Waals surface area (Å²) in [7, 11) is -3.22. The van der Waals surface area contributed by atoms with Gasteiger partial charge in [0.05, 0.1) is 29.9 Å². The average molecular weight is 336 g/mol. The van der Waals surface area contributed by atoms with Crippen molar-refractivity contribution in [1.29, 1.82) is 0 Å². The van der Waals surface area contributed by atoms with Gasteiger partial charge in [0.25, 0.3) is 0 Å². The van der Waals surface area contributed by atoms with E-state index in [9.17, 15) is 8.42 Å². The smallest absolute Gasteiger partial charge is 0.214 e. The van der Waals surface area contributed by atoms with Crippen LogP contribution in [0.15, 0.2) is 30.7 Å². The summed E-state index contributed by atoms with van der Waals surface area (Å²) in [6, 6.07) is 3.40. The van der Waals surface area contributed by atoms with E-state index in [1.807, 2.05) is 23.6 Å². The zero-order chi connectivity index (χ0) is 16.4. The number of hydrogen-bond donors (Lipinski definition) is 0. The van der Waals surface area contributed by atoms with Crippen molar-refractivity contribution in [2.45, 2.75) is 33.0 Å². The number of ether oxygens (including phenoxy) is 1. The monoisotopic (exact) mass is 336 g/mol. The molecule has 124 valence electrons. The first-order chi connectivity index (χ1) is 11.0. The quantitative estimate of drug-likeness (QED) is 0.828. The number of imidazole rings is 1. The molecule has 1 aliphatic rings. The Morgan fingerprint density at radius 3 is 2.87 bits per heavy atom. The summed E-state index contributed by atoms with van der Waals surface area (Å²) in [6.45, 7) is 4.96. The molecule has 0 saturated heterocycles. The highest BCUT2D eigenvalue weighted by Crippen LogP contribution is 2.28. The molecule has 1 atom stereocenters. The lowest BCUT2D eigenvalue weighted by Gasteiger charge is -2.33. The molecule has 0 N–H and O–H groups in total. The molecule has 0 aromatic carbocycles. The van der Waals surface area contributed by atoms with Gasteiger partial charge in [-0.3, -0.25) is 4.98 Å². The van der Waals surface area contributed by atoms with E-state index in [1.165, 1.54) is 4.31 Å². The van der Waals surface area contributed by atoms with Crippen LogP contribution < -0.4 is 4.74 Å². The summed E-state index contributed by atoms with van der Waals surface area (Å²) in [6.07, 6.45) is 5.11. The third kappa shape index (κ3) is 3.09. The van der Waals surface area contributed by atoms with Crippen LogP contribution >= 0.6 is 0 Å². The minimum absolute atomic E-state index is 0.106. The van der Waals surface area contributed by atoms with Gasteiger partial charge in [-0.2, -0.15) is 4.31 Å². The molecule has 7 nitrogen and oxygen atoms in total. The van der Waals surface area contributed by atoms with Gasteiger partial charge >= 0.3 is 0 Å². The molecule has 0 amide bonds. The van der Waals surface area contributed by atoms with E-state index in [1.54, 1.807) is 25.5 Å². The average Bonchev–Trinajstić information content (AvgIpc) is 2.98. The molecule has 0 bridgehead atoms. The van der Waals surface area contributed by atoms with Crippen molar-refractivity contribution in [3.8, 4) is 5.75 Å². The summed E-state index contributed by atoms with van der Waals surface area (Å²) in [5.74, 6) is 1.56. The maximum absolute atomic E-state index is 12.1. The van der Waals surface area contributed by atoms with Gasteiger partial charge in [-0.25, -0.2) is 13.4 Å². The molecule has 2 aromatic rings. The number of sulfonamides is 1. The Balaban J connectivity index is 1.78. The lowest BCUT2D eigenvalue weighted by molar-refractivity contribution is 0.255. The second-order valence-corrected chi connectivity index (χ2v) is 7.63. The van der Waals surface area contributed by atoms with Crippen molar-refractivity contribution in [1.82, 2.24) is 18.8 Å². The summed E-state index contributed by atoms with van der Waals surface area (Å²) < 4.78 is 33.6. The van der Waals surface area contributed by atoms with Crippen molar-refractivity contribution in [3.05, 3.63) is 42.2 Å². The topological polar surface area (TPSA) is 77.3 Å². The molecule has 0 saturated carbocycles. The predicted molar refractivity (Wildman–Crippen MR) is 85.4 cm³/mol. The molecule has 0 spiro atoms. The van der Waals surface area contributed by atoms with Gasteiger partial charge in [-0.05, 0) is 26.0 Å². The maximum Gasteiger partial charge on any atom is 0.214 e. The van der Waals surface area contributed by atoms with Crippen LogP contribution in [0.5, 0.6) is 5.75 Å². The van der Waals surface area contributed by atoms with Crippen LogP contribution in [0.1, 0.15) is 31.4 Å². The largest absolute Gasteiger partial charge is 0.486 e. The predicted octanol–water partition coefficient (Wildman–Crippen LogP) is 1.58. The molecule has 3 heterocycles. The van der Waals surface area contributed by atoms with Crippen LogP contribution in [0.3, 0.4) is 0 Å². The number of pyridine rings is 1. The van der Waals surface area contributed by atoms with E-state index in [4.69, 9.17) is 4.74 Å². The fourth-order valence-electron chi connectivity index (χ4n) is 2.79. The first-order valence-electron chi connectivity index (χ1n) is 7.59. The lowest BCUT2D eigenvalue weighted by Crippen LogP contribution is -2.42. The van der Waals surface area contributed by atoms with E-state index in [0.717, 1.165) is 11.5 Å². The van der Waals surface area contributed by atoms with Crippen molar-refractivity contribution in [3.63, 3.8) is 0 Å². The number of fused-ring (bicyclic) bond motifs is 1. The Kier molecular flexibility index (Phi) is 4.36. The summed E-state index contributed by atoms with van der Waals surface area (Å²) >= 11 is 0. The molecule has 0 aliphatic carbocycles. The van der Waals surface area contributed by atoms with Crippen LogP contribution in [0.4, 0.5) is 0 Å². The van der Waals surface area contributed by atoms with E-state index < -0.39 is 10.0 Å². The molecule has 8 heteroatoms. The third-order valence-electron chi connectivity index (χ3n) is 4.06. The summed E-state index contributed by atoms with van der Waals surface area (Å²) in [5.41, 5.74) is 0.934. The first kappa shape index (κ1) is 15.9. The van der Waals surface area contributed by atoms with Crippen LogP contribution in [-0.2, 0) is 23.2 Å². The number of hydrogen-bond acceptors (Lipinski definition) is 5. The minimum atomic E-state index is -3.22. The lowest BCUT2D eigenvalue weighted by atomic mass is 10.2. The minimum Gasteiger partial charge on any atom is -0.486 e. The Bertz CT molecular complexity index is 773. The number of aromatic nitrogens is 3. The first-order valence-corrected chi connectivity index (χ1v) is 9.20. The fraction of sp³-hybridized carbons (Fsp3) is 0.467. The highest BCUT2D eigenvalue weighted by atomic mass is 32.2. The zero-order valence-corrected chi connectivity index (χ0v) is 14.0. The Hall–Kier alpha value is -1.93. The second kappa shape index (κ2) is 6.29. The molecule has 0 fully saturated rings. The highest BCUT2D eigenvalue weighted by molar-refractivity contribution is 7.89. The van der Waals surface area contributed by atoms with Crippen LogP contribution in [-0.4, -0.2) is 39.6 Å². The van der Waals surface area contributed by atoms with Gasteiger partial charge in [0, 0.05) is 19.3 Å². The summed E-state index contributed by atoms with van der Waals surface area (Å²) in [5, 5.41) is 0. The third-order valence-corrected chi connectivity index (χ3v) is 6.00. The Morgan fingerprint density at radius 1 is 1.35 bits per heavy atom. The van der Waals surface area contributed by atoms with Gasteiger partial charge < -0.3 is 9.30 Å². The van der Waals surface area contributed by atoms with E-state index in [-0.39, 0.29) is 11.8 Å². The maximum atomic E-state index is 12.1.